The van der Waals surface area contributed by atoms with Crippen LogP contribution >= 0.6 is 11.6 Å². The van der Waals surface area contributed by atoms with Gasteiger partial charge in [-0.05, 0) is 37.8 Å². The molecule has 3 rings (SSSR count). The zero-order valence-corrected chi connectivity index (χ0v) is 13.1. The molecule has 1 aromatic carbocycles. The quantitative estimate of drug-likeness (QED) is 0.805. The van der Waals surface area contributed by atoms with E-state index in [9.17, 15) is 4.79 Å². The highest BCUT2D eigenvalue weighted by atomic mass is 35.5. The van der Waals surface area contributed by atoms with Crippen molar-refractivity contribution < 1.29 is 14.3 Å². The minimum atomic E-state index is 0.0468. The van der Waals surface area contributed by atoms with Gasteiger partial charge in [-0.25, -0.2) is 0 Å². The highest BCUT2D eigenvalue weighted by Gasteiger charge is 2.43. The summed E-state index contributed by atoms with van der Waals surface area (Å²) in [5.41, 5.74) is 0.600. The van der Waals surface area contributed by atoms with Crippen molar-refractivity contribution in [3.63, 3.8) is 0 Å². The fourth-order valence-corrected chi connectivity index (χ4v) is 3.97. The molecule has 0 spiro atoms. The summed E-state index contributed by atoms with van der Waals surface area (Å²) in [5.74, 6) is 1.29. The highest BCUT2D eigenvalue weighted by molar-refractivity contribution is 6.20. The average molecular weight is 310 g/mol. The van der Waals surface area contributed by atoms with Gasteiger partial charge in [-0.3, -0.25) is 4.79 Å². The molecule has 0 radical (unpaired) electrons. The van der Waals surface area contributed by atoms with Gasteiger partial charge >= 0.3 is 0 Å². The molecule has 1 aromatic rings. The molecule has 2 heterocycles. The zero-order chi connectivity index (χ0) is 15.0. The number of alkyl halides is 1. The smallest absolute Gasteiger partial charge is 0.258 e. The maximum atomic E-state index is 12.9. The molecular weight excluding hydrogens is 290 g/mol. The minimum absolute atomic E-state index is 0.0468. The lowest BCUT2D eigenvalue weighted by molar-refractivity contribution is 0.0596. The third kappa shape index (κ3) is 2.57. The van der Waals surface area contributed by atoms with Gasteiger partial charge in [0.1, 0.15) is 11.5 Å². The number of piperidine rings is 1. The topological polar surface area (TPSA) is 38.8 Å². The van der Waals surface area contributed by atoms with Crippen LogP contribution in [-0.4, -0.2) is 42.5 Å². The van der Waals surface area contributed by atoms with Gasteiger partial charge in [-0.2, -0.15) is 0 Å². The Balaban J connectivity index is 1.89. The van der Waals surface area contributed by atoms with Crippen molar-refractivity contribution in [3.8, 4) is 11.5 Å². The van der Waals surface area contributed by atoms with Gasteiger partial charge in [-0.1, -0.05) is 0 Å². The SMILES string of the molecule is COc1ccc(C(=O)N2C3CCC2CC(Cl)C3)c(OC)c1. The number of nitrogens with zero attached hydrogens (tertiary/aromatic N) is 1. The van der Waals surface area contributed by atoms with E-state index in [1.165, 1.54) is 0 Å². The van der Waals surface area contributed by atoms with Crippen molar-refractivity contribution in [2.45, 2.75) is 43.1 Å². The van der Waals surface area contributed by atoms with Gasteiger partial charge in [0.15, 0.2) is 0 Å². The molecule has 2 aliphatic rings. The fraction of sp³-hybridized carbons (Fsp3) is 0.562. The lowest BCUT2D eigenvalue weighted by atomic mass is 10.0. The normalized spacial score (nSPS) is 27.6. The van der Waals surface area contributed by atoms with E-state index >= 15 is 0 Å². The molecule has 5 heteroatoms. The average Bonchev–Trinajstić information content (AvgIpc) is 2.77. The second-order valence-corrected chi connectivity index (χ2v) is 6.35. The van der Waals surface area contributed by atoms with Gasteiger partial charge < -0.3 is 14.4 Å². The van der Waals surface area contributed by atoms with Crippen molar-refractivity contribution in [2.75, 3.05) is 14.2 Å². The van der Waals surface area contributed by atoms with E-state index in [1.807, 2.05) is 4.90 Å². The van der Waals surface area contributed by atoms with Crippen LogP contribution in [0.15, 0.2) is 18.2 Å². The molecule has 0 aliphatic carbocycles. The van der Waals surface area contributed by atoms with Crippen molar-refractivity contribution in [3.05, 3.63) is 23.8 Å². The summed E-state index contributed by atoms with van der Waals surface area (Å²) in [4.78, 5) is 14.9. The number of rotatable bonds is 3. The number of fused-ring (bicyclic) bond motifs is 2. The maximum Gasteiger partial charge on any atom is 0.258 e. The predicted octanol–water partition coefficient (Wildman–Crippen LogP) is 3.08. The Hall–Kier alpha value is -1.42. The summed E-state index contributed by atoms with van der Waals surface area (Å²) in [5, 5.41) is 0.198. The van der Waals surface area contributed by atoms with Crippen LogP contribution in [-0.2, 0) is 0 Å². The van der Waals surface area contributed by atoms with E-state index in [2.05, 4.69) is 0 Å². The predicted molar refractivity (Wildman–Crippen MR) is 81.4 cm³/mol. The van der Waals surface area contributed by atoms with E-state index in [4.69, 9.17) is 21.1 Å². The summed E-state index contributed by atoms with van der Waals surface area (Å²) in [6.45, 7) is 0. The Labute approximate surface area is 130 Å². The maximum absolute atomic E-state index is 12.9. The molecule has 114 valence electrons. The van der Waals surface area contributed by atoms with Crippen molar-refractivity contribution in [1.82, 2.24) is 4.90 Å². The molecule has 2 unspecified atom stereocenters. The number of hydrogen-bond acceptors (Lipinski definition) is 3. The van der Waals surface area contributed by atoms with Crippen LogP contribution in [0.5, 0.6) is 11.5 Å². The molecule has 0 saturated carbocycles. The molecule has 1 amide bonds. The summed E-state index contributed by atoms with van der Waals surface area (Å²) in [6, 6.07) is 5.87. The van der Waals surface area contributed by atoms with Crippen LogP contribution in [0.2, 0.25) is 0 Å². The largest absolute Gasteiger partial charge is 0.497 e. The molecule has 2 saturated heterocycles. The summed E-state index contributed by atoms with van der Waals surface area (Å²) in [6.07, 6.45) is 3.89. The third-order valence-electron chi connectivity index (χ3n) is 4.55. The van der Waals surface area contributed by atoms with Crippen LogP contribution in [0.3, 0.4) is 0 Å². The Bertz CT molecular complexity index is 534. The van der Waals surface area contributed by atoms with Crippen LogP contribution in [0.4, 0.5) is 0 Å². The first-order valence-corrected chi connectivity index (χ1v) is 7.76. The van der Waals surface area contributed by atoms with E-state index in [-0.39, 0.29) is 23.4 Å². The monoisotopic (exact) mass is 309 g/mol. The molecule has 2 atom stereocenters. The number of ether oxygens (including phenoxy) is 2. The first-order valence-electron chi connectivity index (χ1n) is 7.32. The number of carbonyl (C=O) groups is 1. The number of halogens is 1. The highest BCUT2D eigenvalue weighted by Crippen LogP contribution is 2.39. The zero-order valence-electron chi connectivity index (χ0n) is 12.3. The van der Waals surface area contributed by atoms with Crippen molar-refractivity contribution in [2.24, 2.45) is 0 Å². The number of benzene rings is 1. The van der Waals surface area contributed by atoms with Gasteiger partial charge in [-0.15, -0.1) is 11.6 Å². The van der Waals surface area contributed by atoms with Gasteiger partial charge in [0, 0.05) is 23.5 Å². The van der Waals surface area contributed by atoms with Crippen LogP contribution in [0.1, 0.15) is 36.0 Å². The first kappa shape index (κ1) is 14.5. The van der Waals surface area contributed by atoms with E-state index < -0.39 is 0 Å². The molecular formula is C16H20ClNO3. The lowest BCUT2D eigenvalue weighted by Crippen LogP contribution is -2.47. The third-order valence-corrected chi connectivity index (χ3v) is 4.91. The second kappa shape index (κ2) is 5.76. The van der Waals surface area contributed by atoms with Gasteiger partial charge in [0.2, 0.25) is 0 Å². The van der Waals surface area contributed by atoms with Crippen LogP contribution in [0.25, 0.3) is 0 Å². The number of methoxy groups -OCH3 is 2. The molecule has 2 bridgehead atoms. The molecule has 21 heavy (non-hydrogen) atoms. The summed E-state index contributed by atoms with van der Waals surface area (Å²) < 4.78 is 10.5. The molecule has 0 aromatic heterocycles. The Morgan fingerprint density at radius 2 is 1.86 bits per heavy atom. The number of hydrogen-bond donors (Lipinski definition) is 0. The van der Waals surface area contributed by atoms with Gasteiger partial charge in [0.25, 0.3) is 5.91 Å². The standard InChI is InChI=1S/C16H20ClNO3/c1-20-13-5-6-14(15(9-13)21-2)16(19)18-11-3-4-12(18)8-10(17)7-11/h5-6,9-12H,3-4,7-8H2,1-2H3. The Kier molecular flexibility index (Phi) is 3.98. The molecule has 0 N–H and O–H groups in total. The van der Waals surface area contributed by atoms with Crippen molar-refractivity contribution in [1.29, 1.82) is 0 Å². The summed E-state index contributed by atoms with van der Waals surface area (Å²) in [7, 11) is 3.17. The van der Waals surface area contributed by atoms with Crippen LogP contribution in [0, 0.1) is 0 Å². The number of amides is 1. The first-order chi connectivity index (χ1) is 10.1. The Morgan fingerprint density at radius 1 is 1.19 bits per heavy atom. The fourth-order valence-electron chi connectivity index (χ4n) is 3.56. The van der Waals surface area contributed by atoms with Gasteiger partial charge in [0.05, 0.1) is 19.8 Å². The number of carbonyl (C=O) groups excluding carboxylic acids is 1. The Morgan fingerprint density at radius 3 is 2.43 bits per heavy atom. The van der Waals surface area contributed by atoms with E-state index in [0.717, 1.165) is 25.7 Å². The lowest BCUT2D eigenvalue weighted by Gasteiger charge is -2.37. The van der Waals surface area contributed by atoms with E-state index in [1.54, 1.807) is 32.4 Å². The van der Waals surface area contributed by atoms with Crippen molar-refractivity contribution >= 4 is 17.5 Å². The molecule has 2 aliphatic heterocycles. The minimum Gasteiger partial charge on any atom is -0.497 e. The molecule has 2 fully saturated rings. The summed E-state index contributed by atoms with van der Waals surface area (Å²) >= 11 is 6.28. The van der Waals surface area contributed by atoms with E-state index in [0.29, 0.717) is 17.1 Å². The molecule has 4 nitrogen and oxygen atoms in total. The second-order valence-electron chi connectivity index (χ2n) is 5.73. The van der Waals surface area contributed by atoms with Crippen LogP contribution < -0.4 is 9.47 Å².